The zero-order valence-electron chi connectivity index (χ0n) is 6.84. The minimum Gasteiger partial charge on any atom is -0.297 e. The fraction of sp³-hybridized carbons (Fsp3) is 0.778. The highest BCUT2D eigenvalue weighted by Crippen LogP contribution is 2.17. The fourth-order valence-electron chi connectivity index (χ4n) is 1.37. The van der Waals surface area contributed by atoms with E-state index in [0.29, 0.717) is 6.04 Å². The van der Waals surface area contributed by atoms with E-state index in [1.165, 1.54) is 32.4 Å². The second-order valence-electron chi connectivity index (χ2n) is 2.98. The fourth-order valence-corrected chi connectivity index (χ4v) is 1.37. The lowest BCUT2D eigenvalue weighted by atomic mass is 10.0. The maximum Gasteiger partial charge on any atom is 0.0287 e. The SMILES string of the molecule is C=CC1CCN1CCCC. The molecule has 1 atom stereocenters. The lowest BCUT2D eigenvalue weighted by Crippen LogP contribution is -2.46. The molecule has 1 fully saturated rings. The summed E-state index contributed by atoms with van der Waals surface area (Å²) < 4.78 is 0. The molecule has 0 N–H and O–H groups in total. The van der Waals surface area contributed by atoms with Crippen LogP contribution in [0.15, 0.2) is 12.7 Å². The van der Waals surface area contributed by atoms with Crippen molar-refractivity contribution >= 4 is 0 Å². The standard InChI is InChI=1S/C9H17N/c1-3-5-7-10-8-6-9(10)4-2/h4,9H,2-3,5-8H2,1H3. The molecule has 58 valence electrons. The molecule has 0 aliphatic carbocycles. The van der Waals surface area contributed by atoms with Crippen molar-refractivity contribution in [1.82, 2.24) is 4.90 Å². The molecule has 0 radical (unpaired) electrons. The Morgan fingerprint density at radius 2 is 2.50 bits per heavy atom. The van der Waals surface area contributed by atoms with Gasteiger partial charge in [0.15, 0.2) is 0 Å². The first-order valence-electron chi connectivity index (χ1n) is 4.25. The van der Waals surface area contributed by atoms with E-state index in [-0.39, 0.29) is 0 Å². The van der Waals surface area contributed by atoms with Gasteiger partial charge in [0.2, 0.25) is 0 Å². The second kappa shape index (κ2) is 3.77. The Balaban J connectivity index is 2.10. The van der Waals surface area contributed by atoms with Gasteiger partial charge in [0.05, 0.1) is 0 Å². The van der Waals surface area contributed by atoms with Crippen molar-refractivity contribution in [3.8, 4) is 0 Å². The minimum atomic E-state index is 0.701. The summed E-state index contributed by atoms with van der Waals surface area (Å²) in [4.78, 5) is 2.50. The summed E-state index contributed by atoms with van der Waals surface area (Å²) in [5.41, 5.74) is 0. The largest absolute Gasteiger partial charge is 0.297 e. The molecule has 1 rings (SSSR count). The molecule has 1 unspecified atom stereocenters. The van der Waals surface area contributed by atoms with Crippen LogP contribution in [0.25, 0.3) is 0 Å². The highest BCUT2D eigenvalue weighted by atomic mass is 15.2. The van der Waals surface area contributed by atoms with Gasteiger partial charge in [-0.3, -0.25) is 4.90 Å². The summed E-state index contributed by atoms with van der Waals surface area (Å²) in [5.74, 6) is 0. The van der Waals surface area contributed by atoms with Crippen LogP contribution in [-0.2, 0) is 0 Å². The first-order chi connectivity index (χ1) is 4.88. The molecule has 0 aromatic rings. The number of hydrogen-bond acceptors (Lipinski definition) is 1. The van der Waals surface area contributed by atoms with Gasteiger partial charge in [0.1, 0.15) is 0 Å². The van der Waals surface area contributed by atoms with Gasteiger partial charge in [-0.25, -0.2) is 0 Å². The lowest BCUT2D eigenvalue weighted by Gasteiger charge is -2.39. The van der Waals surface area contributed by atoms with Gasteiger partial charge in [0.25, 0.3) is 0 Å². The van der Waals surface area contributed by atoms with E-state index in [2.05, 4.69) is 24.5 Å². The predicted octanol–water partition coefficient (Wildman–Crippen LogP) is 2.05. The lowest BCUT2D eigenvalue weighted by molar-refractivity contribution is 0.124. The summed E-state index contributed by atoms with van der Waals surface area (Å²) in [7, 11) is 0. The van der Waals surface area contributed by atoms with E-state index in [0.717, 1.165) is 0 Å². The topological polar surface area (TPSA) is 3.24 Å². The van der Waals surface area contributed by atoms with Crippen LogP contribution in [0.4, 0.5) is 0 Å². The molecule has 10 heavy (non-hydrogen) atoms. The third kappa shape index (κ3) is 1.60. The van der Waals surface area contributed by atoms with Gasteiger partial charge in [-0.05, 0) is 19.4 Å². The Morgan fingerprint density at radius 3 is 2.90 bits per heavy atom. The van der Waals surface area contributed by atoms with Gasteiger partial charge in [-0.15, -0.1) is 6.58 Å². The first kappa shape index (κ1) is 7.80. The van der Waals surface area contributed by atoms with E-state index in [1.807, 2.05) is 0 Å². The monoisotopic (exact) mass is 139 g/mol. The zero-order chi connectivity index (χ0) is 7.40. The molecule has 1 saturated heterocycles. The smallest absolute Gasteiger partial charge is 0.0287 e. The van der Waals surface area contributed by atoms with Crippen LogP contribution in [0.3, 0.4) is 0 Å². The molecular formula is C9H17N. The molecule has 0 spiro atoms. The third-order valence-corrected chi connectivity index (χ3v) is 2.25. The Bertz CT molecular complexity index is 109. The highest BCUT2D eigenvalue weighted by molar-refractivity contribution is 4.95. The van der Waals surface area contributed by atoms with Crippen LogP contribution in [-0.4, -0.2) is 24.0 Å². The van der Waals surface area contributed by atoms with Gasteiger partial charge in [0, 0.05) is 12.6 Å². The Hall–Kier alpha value is -0.300. The molecular weight excluding hydrogens is 122 g/mol. The van der Waals surface area contributed by atoms with E-state index < -0.39 is 0 Å². The van der Waals surface area contributed by atoms with E-state index in [1.54, 1.807) is 0 Å². The number of rotatable bonds is 4. The van der Waals surface area contributed by atoms with Crippen LogP contribution in [0.1, 0.15) is 26.2 Å². The molecule has 0 amide bonds. The summed E-state index contributed by atoms with van der Waals surface area (Å²) in [6, 6.07) is 0.701. The highest BCUT2D eigenvalue weighted by Gasteiger charge is 2.23. The molecule has 0 bridgehead atoms. The molecule has 0 aromatic heterocycles. The number of likely N-dealkylation sites (tertiary alicyclic amines) is 1. The van der Waals surface area contributed by atoms with Crippen LogP contribution >= 0.6 is 0 Å². The minimum absolute atomic E-state index is 0.701. The molecule has 1 nitrogen and oxygen atoms in total. The Morgan fingerprint density at radius 1 is 1.70 bits per heavy atom. The normalized spacial score (nSPS) is 25.9. The molecule has 1 heterocycles. The number of nitrogens with zero attached hydrogens (tertiary/aromatic N) is 1. The van der Waals surface area contributed by atoms with Gasteiger partial charge < -0.3 is 0 Å². The number of unbranched alkanes of at least 4 members (excludes halogenated alkanes) is 1. The van der Waals surface area contributed by atoms with Crippen molar-refractivity contribution in [3.05, 3.63) is 12.7 Å². The Kier molecular flexibility index (Phi) is 2.94. The van der Waals surface area contributed by atoms with E-state index >= 15 is 0 Å². The predicted molar refractivity (Wildman–Crippen MR) is 45.1 cm³/mol. The second-order valence-corrected chi connectivity index (χ2v) is 2.98. The van der Waals surface area contributed by atoms with Crippen LogP contribution in [0.5, 0.6) is 0 Å². The third-order valence-electron chi connectivity index (χ3n) is 2.25. The van der Waals surface area contributed by atoms with Crippen LogP contribution < -0.4 is 0 Å². The summed E-state index contributed by atoms with van der Waals surface area (Å²) in [5, 5.41) is 0. The molecule has 1 heteroatoms. The first-order valence-corrected chi connectivity index (χ1v) is 4.25. The van der Waals surface area contributed by atoms with E-state index in [9.17, 15) is 0 Å². The number of hydrogen-bond donors (Lipinski definition) is 0. The quantitative estimate of drug-likeness (QED) is 0.539. The van der Waals surface area contributed by atoms with Crippen LogP contribution in [0.2, 0.25) is 0 Å². The summed E-state index contributed by atoms with van der Waals surface area (Å²) in [6.45, 7) is 8.60. The van der Waals surface area contributed by atoms with Crippen molar-refractivity contribution in [2.75, 3.05) is 13.1 Å². The summed E-state index contributed by atoms with van der Waals surface area (Å²) >= 11 is 0. The van der Waals surface area contributed by atoms with Crippen molar-refractivity contribution in [2.24, 2.45) is 0 Å². The van der Waals surface area contributed by atoms with Gasteiger partial charge >= 0.3 is 0 Å². The molecule has 1 aliphatic heterocycles. The molecule has 0 aromatic carbocycles. The maximum atomic E-state index is 3.80. The average Bonchev–Trinajstić information content (AvgIpc) is 1.88. The average molecular weight is 139 g/mol. The van der Waals surface area contributed by atoms with Crippen LogP contribution in [0, 0.1) is 0 Å². The summed E-state index contributed by atoms with van der Waals surface area (Å²) in [6.07, 6.45) is 6.04. The van der Waals surface area contributed by atoms with Crippen molar-refractivity contribution in [2.45, 2.75) is 32.2 Å². The van der Waals surface area contributed by atoms with Gasteiger partial charge in [-0.1, -0.05) is 19.4 Å². The maximum absolute atomic E-state index is 3.80. The molecule has 1 aliphatic rings. The Labute approximate surface area is 63.7 Å². The van der Waals surface area contributed by atoms with Crippen molar-refractivity contribution in [1.29, 1.82) is 0 Å². The zero-order valence-corrected chi connectivity index (χ0v) is 6.84. The van der Waals surface area contributed by atoms with Crippen molar-refractivity contribution in [3.63, 3.8) is 0 Å². The van der Waals surface area contributed by atoms with E-state index in [4.69, 9.17) is 0 Å². The van der Waals surface area contributed by atoms with Crippen molar-refractivity contribution < 1.29 is 0 Å². The molecule has 0 saturated carbocycles. The van der Waals surface area contributed by atoms with Gasteiger partial charge in [-0.2, -0.15) is 0 Å².